The lowest BCUT2D eigenvalue weighted by Gasteiger charge is -2.31. The van der Waals surface area contributed by atoms with Crippen LogP contribution in [-0.2, 0) is 32.6 Å². The topological polar surface area (TPSA) is 86.8 Å². The van der Waals surface area contributed by atoms with Crippen molar-refractivity contribution in [1.82, 2.24) is 10.2 Å². The van der Waals surface area contributed by atoms with E-state index in [9.17, 15) is 18.0 Å². The van der Waals surface area contributed by atoms with Crippen LogP contribution >= 0.6 is 34.8 Å². The number of carbonyl (C=O) groups is 2. The third-order valence-electron chi connectivity index (χ3n) is 6.12. The molecule has 0 spiro atoms. The van der Waals surface area contributed by atoms with Crippen LogP contribution in [0.1, 0.15) is 24.0 Å². The van der Waals surface area contributed by atoms with Gasteiger partial charge in [0.25, 0.3) is 0 Å². The number of rotatable bonds is 12. The SMILES string of the molecule is CNC(=O)[C@H](Cc1ccccc1)N(Cc1ccc(Cl)c(Cl)c1)C(=O)CCCN(c1ccc(Cl)cc1)S(C)(=O)=O. The summed E-state index contributed by atoms with van der Waals surface area (Å²) in [6, 6.07) is 20.1. The minimum atomic E-state index is -3.61. The number of amides is 2. The minimum Gasteiger partial charge on any atom is -0.357 e. The highest BCUT2D eigenvalue weighted by molar-refractivity contribution is 7.92. The molecule has 39 heavy (non-hydrogen) atoms. The molecule has 208 valence electrons. The van der Waals surface area contributed by atoms with Gasteiger partial charge in [-0.15, -0.1) is 0 Å². The third kappa shape index (κ3) is 8.86. The monoisotopic (exact) mass is 609 g/mol. The van der Waals surface area contributed by atoms with Crippen molar-refractivity contribution in [3.63, 3.8) is 0 Å². The maximum Gasteiger partial charge on any atom is 0.242 e. The molecule has 3 rings (SSSR count). The molecule has 0 radical (unpaired) electrons. The van der Waals surface area contributed by atoms with Crippen LogP contribution in [0.25, 0.3) is 0 Å². The number of anilines is 1. The van der Waals surface area contributed by atoms with Crippen molar-refractivity contribution in [3.8, 4) is 0 Å². The molecule has 0 saturated heterocycles. The molecule has 0 heterocycles. The lowest BCUT2D eigenvalue weighted by molar-refractivity contribution is -0.141. The molecule has 0 saturated carbocycles. The Kier molecular flexibility index (Phi) is 11.1. The highest BCUT2D eigenvalue weighted by Gasteiger charge is 2.30. The van der Waals surface area contributed by atoms with E-state index in [1.165, 1.54) is 16.3 Å². The molecular formula is C28H30Cl3N3O4S. The summed E-state index contributed by atoms with van der Waals surface area (Å²) in [5, 5.41) is 3.88. The fraction of sp³-hybridized carbons (Fsp3) is 0.286. The van der Waals surface area contributed by atoms with Gasteiger partial charge in [0, 0.05) is 38.0 Å². The molecule has 0 aromatic heterocycles. The molecule has 0 aliphatic heterocycles. The van der Waals surface area contributed by atoms with Crippen LogP contribution in [0, 0.1) is 0 Å². The van der Waals surface area contributed by atoms with Gasteiger partial charge in [-0.2, -0.15) is 0 Å². The first-order valence-corrected chi connectivity index (χ1v) is 15.2. The summed E-state index contributed by atoms with van der Waals surface area (Å²) in [6.07, 6.45) is 1.66. The molecule has 0 aliphatic rings. The van der Waals surface area contributed by atoms with Gasteiger partial charge in [-0.3, -0.25) is 13.9 Å². The summed E-state index contributed by atoms with van der Waals surface area (Å²) < 4.78 is 26.2. The first kappa shape index (κ1) is 30.8. The quantitative estimate of drug-likeness (QED) is 0.290. The van der Waals surface area contributed by atoms with Gasteiger partial charge in [0.2, 0.25) is 21.8 Å². The lowest BCUT2D eigenvalue weighted by Crippen LogP contribution is -2.49. The zero-order valence-corrected chi connectivity index (χ0v) is 24.7. The van der Waals surface area contributed by atoms with E-state index in [4.69, 9.17) is 34.8 Å². The smallest absolute Gasteiger partial charge is 0.242 e. The van der Waals surface area contributed by atoms with Crippen molar-refractivity contribution in [1.29, 1.82) is 0 Å². The van der Waals surface area contributed by atoms with E-state index < -0.39 is 16.1 Å². The highest BCUT2D eigenvalue weighted by Crippen LogP contribution is 2.25. The van der Waals surface area contributed by atoms with E-state index in [0.29, 0.717) is 32.7 Å². The van der Waals surface area contributed by atoms with Crippen molar-refractivity contribution >= 4 is 62.3 Å². The Morgan fingerprint density at radius 3 is 2.15 bits per heavy atom. The third-order valence-corrected chi connectivity index (χ3v) is 8.31. The average Bonchev–Trinajstić information content (AvgIpc) is 2.90. The number of sulfonamides is 1. The van der Waals surface area contributed by atoms with Gasteiger partial charge in [-0.1, -0.05) is 71.2 Å². The van der Waals surface area contributed by atoms with Crippen molar-refractivity contribution in [2.24, 2.45) is 0 Å². The Balaban J connectivity index is 1.86. The number of carbonyl (C=O) groups excluding carboxylic acids is 2. The van der Waals surface area contributed by atoms with Crippen molar-refractivity contribution in [2.75, 3.05) is 24.2 Å². The van der Waals surface area contributed by atoms with E-state index in [1.54, 1.807) is 42.5 Å². The second kappa shape index (κ2) is 14.0. The minimum absolute atomic E-state index is 0.0171. The van der Waals surface area contributed by atoms with Gasteiger partial charge in [-0.05, 0) is 53.9 Å². The molecule has 0 bridgehead atoms. The molecule has 0 fully saturated rings. The van der Waals surface area contributed by atoms with E-state index in [2.05, 4.69) is 5.32 Å². The number of likely N-dealkylation sites (N-methyl/N-ethyl adjacent to an activating group) is 1. The second-order valence-electron chi connectivity index (χ2n) is 9.00. The Morgan fingerprint density at radius 1 is 0.897 bits per heavy atom. The fourth-order valence-electron chi connectivity index (χ4n) is 4.17. The molecule has 2 amide bonds. The number of hydrogen-bond donors (Lipinski definition) is 1. The summed E-state index contributed by atoms with van der Waals surface area (Å²) in [5.74, 6) is -0.610. The Hall–Kier alpha value is -2.78. The maximum atomic E-state index is 13.7. The van der Waals surface area contributed by atoms with Crippen LogP contribution in [0.5, 0.6) is 0 Å². The number of hydrogen-bond acceptors (Lipinski definition) is 4. The zero-order chi connectivity index (χ0) is 28.6. The first-order valence-electron chi connectivity index (χ1n) is 12.2. The fourth-order valence-corrected chi connectivity index (χ4v) is 5.58. The molecule has 11 heteroatoms. The molecule has 0 aliphatic carbocycles. The molecule has 0 unspecified atom stereocenters. The molecule has 3 aromatic rings. The van der Waals surface area contributed by atoms with Crippen molar-refractivity contribution in [2.45, 2.75) is 31.8 Å². The van der Waals surface area contributed by atoms with E-state index in [1.807, 2.05) is 30.3 Å². The predicted molar refractivity (Wildman–Crippen MR) is 158 cm³/mol. The van der Waals surface area contributed by atoms with Crippen LogP contribution in [0.4, 0.5) is 5.69 Å². The summed E-state index contributed by atoms with van der Waals surface area (Å²) in [6.45, 7) is 0.198. The largest absolute Gasteiger partial charge is 0.357 e. The summed E-state index contributed by atoms with van der Waals surface area (Å²) in [4.78, 5) is 28.2. The zero-order valence-electron chi connectivity index (χ0n) is 21.6. The number of nitrogens with one attached hydrogen (secondary N) is 1. The van der Waals surface area contributed by atoms with Crippen LogP contribution < -0.4 is 9.62 Å². The van der Waals surface area contributed by atoms with Crippen LogP contribution in [0.3, 0.4) is 0 Å². The molecular weight excluding hydrogens is 581 g/mol. The molecule has 1 N–H and O–H groups in total. The molecule has 3 aromatic carbocycles. The molecule has 1 atom stereocenters. The Bertz CT molecular complexity index is 1390. The van der Waals surface area contributed by atoms with Crippen LogP contribution in [0.2, 0.25) is 15.1 Å². The normalized spacial score (nSPS) is 12.0. The summed E-state index contributed by atoms with van der Waals surface area (Å²) in [7, 11) is -2.08. The van der Waals surface area contributed by atoms with Crippen LogP contribution in [0.15, 0.2) is 72.8 Å². The summed E-state index contributed by atoms with van der Waals surface area (Å²) >= 11 is 18.3. The average molecular weight is 611 g/mol. The first-order chi connectivity index (χ1) is 18.5. The van der Waals surface area contributed by atoms with Gasteiger partial charge >= 0.3 is 0 Å². The summed E-state index contributed by atoms with van der Waals surface area (Å²) in [5.41, 5.74) is 2.05. The van der Waals surface area contributed by atoms with E-state index in [-0.39, 0.29) is 37.7 Å². The van der Waals surface area contributed by atoms with E-state index >= 15 is 0 Å². The van der Waals surface area contributed by atoms with E-state index in [0.717, 1.165) is 11.8 Å². The highest BCUT2D eigenvalue weighted by atomic mass is 35.5. The predicted octanol–water partition coefficient (Wildman–Crippen LogP) is 5.58. The van der Waals surface area contributed by atoms with Crippen molar-refractivity contribution < 1.29 is 18.0 Å². The number of halogens is 3. The van der Waals surface area contributed by atoms with Gasteiger partial charge in [0.1, 0.15) is 6.04 Å². The number of nitrogens with zero attached hydrogens (tertiary/aromatic N) is 2. The van der Waals surface area contributed by atoms with Gasteiger partial charge < -0.3 is 10.2 Å². The Labute approximate surface area is 244 Å². The number of benzene rings is 3. The Morgan fingerprint density at radius 2 is 1.56 bits per heavy atom. The van der Waals surface area contributed by atoms with Gasteiger partial charge in [0.15, 0.2) is 0 Å². The van der Waals surface area contributed by atoms with Gasteiger partial charge in [0.05, 0.1) is 22.0 Å². The van der Waals surface area contributed by atoms with Gasteiger partial charge in [-0.25, -0.2) is 8.42 Å². The second-order valence-corrected chi connectivity index (χ2v) is 12.2. The molecule has 7 nitrogen and oxygen atoms in total. The maximum absolute atomic E-state index is 13.7. The van der Waals surface area contributed by atoms with Crippen LogP contribution in [-0.4, -0.2) is 51.0 Å². The van der Waals surface area contributed by atoms with Crippen molar-refractivity contribution in [3.05, 3.63) is 99.0 Å². The standard InChI is InChI=1S/C28H30Cl3N3O4S/c1-32-28(36)26(18-20-7-4-3-5-8-20)33(19-21-10-15-24(30)25(31)17-21)27(35)9-6-16-34(39(2,37)38)23-13-11-22(29)12-14-23/h3-5,7-8,10-15,17,26H,6,9,16,18-19H2,1-2H3,(H,32,36)/t26-/m0/s1. The lowest BCUT2D eigenvalue weighted by atomic mass is 10.0.